The Morgan fingerprint density at radius 2 is 1.76 bits per heavy atom. The van der Waals surface area contributed by atoms with Gasteiger partial charge in [-0.25, -0.2) is 4.79 Å². The highest BCUT2D eigenvalue weighted by atomic mass is 19.4. The van der Waals surface area contributed by atoms with Gasteiger partial charge >= 0.3 is 18.2 Å². The third kappa shape index (κ3) is 9.11. The monoisotopic (exact) mass is 313 g/mol. The third-order valence-corrected chi connectivity index (χ3v) is 2.78. The zero-order valence-corrected chi connectivity index (χ0v) is 12.4. The third-order valence-electron chi connectivity index (χ3n) is 2.78. The SMILES string of the molecule is CCN(CC)CC(C)NC(=O)N(CC(=O)O)CC(F)(F)F. The number of aliphatic carboxylic acids is 1. The number of hydrogen-bond acceptors (Lipinski definition) is 3. The summed E-state index contributed by atoms with van der Waals surface area (Å²) in [5, 5.41) is 11.0. The summed E-state index contributed by atoms with van der Waals surface area (Å²) < 4.78 is 37.1. The van der Waals surface area contributed by atoms with Crippen LogP contribution in [0.25, 0.3) is 0 Å². The predicted molar refractivity (Wildman–Crippen MR) is 71.0 cm³/mol. The molecule has 0 saturated heterocycles. The van der Waals surface area contributed by atoms with Crippen LogP contribution in [0.2, 0.25) is 0 Å². The first kappa shape index (κ1) is 19.5. The first-order chi connectivity index (χ1) is 9.58. The van der Waals surface area contributed by atoms with Crippen LogP contribution >= 0.6 is 0 Å². The number of carboxylic acids is 1. The van der Waals surface area contributed by atoms with Crippen molar-refractivity contribution < 1.29 is 27.9 Å². The van der Waals surface area contributed by atoms with Gasteiger partial charge in [0.05, 0.1) is 0 Å². The molecule has 0 bridgehead atoms. The van der Waals surface area contributed by atoms with Gasteiger partial charge in [0.15, 0.2) is 0 Å². The van der Waals surface area contributed by atoms with Crippen LogP contribution in [0.3, 0.4) is 0 Å². The van der Waals surface area contributed by atoms with E-state index in [1.54, 1.807) is 6.92 Å². The van der Waals surface area contributed by atoms with Gasteiger partial charge in [-0.15, -0.1) is 0 Å². The molecule has 2 N–H and O–H groups in total. The summed E-state index contributed by atoms with van der Waals surface area (Å²) in [5.74, 6) is -1.49. The van der Waals surface area contributed by atoms with E-state index in [2.05, 4.69) is 5.32 Å². The molecule has 1 atom stereocenters. The molecule has 0 rings (SSSR count). The number of urea groups is 1. The van der Waals surface area contributed by atoms with Crippen LogP contribution in [0.1, 0.15) is 20.8 Å². The number of alkyl halides is 3. The molecule has 1 unspecified atom stereocenters. The Kier molecular flexibility index (Phi) is 8.08. The molecule has 0 fully saturated rings. The second-order valence-electron chi connectivity index (χ2n) is 4.70. The molecule has 2 amide bonds. The van der Waals surface area contributed by atoms with Gasteiger partial charge in [0, 0.05) is 12.6 Å². The van der Waals surface area contributed by atoms with E-state index in [1.807, 2.05) is 18.7 Å². The molecular weight excluding hydrogens is 291 g/mol. The second-order valence-corrected chi connectivity index (χ2v) is 4.70. The summed E-state index contributed by atoms with van der Waals surface area (Å²) in [7, 11) is 0. The number of hydrogen-bond donors (Lipinski definition) is 2. The first-order valence-electron chi connectivity index (χ1n) is 6.65. The number of likely N-dealkylation sites (N-methyl/N-ethyl adjacent to an activating group) is 1. The molecule has 21 heavy (non-hydrogen) atoms. The smallest absolute Gasteiger partial charge is 0.406 e. The molecule has 0 radical (unpaired) electrons. The molecule has 0 aromatic carbocycles. The number of rotatable bonds is 8. The van der Waals surface area contributed by atoms with Crippen molar-refractivity contribution in [3.63, 3.8) is 0 Å². The first-order valence-corrected chi connectivity index (χ1v) is 6.65. The molecule has 0 aromatic heterocycles. The van der Waals surface area contributed by atoms with Gasteiger partial charge in [0.2, 0.25) is 0 Å². The van der Waals surface area contributed by atoms with Gasteiger partial charge in [0.25, 0.3) is 0 Å². The average molecular weight is 313 g/mol. The van der Waals surface area contributed by atoms with Gasteiger partial charge in [-0.1, -0.05) is 13.8 Å². The Labute approximate surface area is 121 Å². The van der Waals surface area contributed by atoms with E-state index in [4.69, 9.17) is 5.11 Å². The number of amides is 2. The highest BCUT2D eigenvalue weighted by molar-refractivity contribution is 5.80. The highest BCUT2D eigenvalue weighted by Crippen LogP contribution is 2.16. The van der Waals surface area contributed by atoms with Crippen LogP contribution < -0.4 is 5.32 Å². The lowest BCUT2D eigenvalue weighted by atomic mass is 10.3. The van der Waals surface area contributed by atoms with E-state index in [0.717, 1.165) is 13.1 Å². The fourth-order valence-corrected chi connectivity index (χ4v) is 1.80. The van der Waals surface area contributed by atoms with Crippen molar-refractivity contribution in [3.05, 3.63) is 0 Å². The fraction of sp³-hybridized carbons (Fsp3) is 0.833. The van der Waals surface area contributed by atoms with E-state index in [1.165, 1.54) is 0 Å². The molecule has 0 saturated carbocycles. The van der Waals surface area contributed by atoms with Crippen LogP contribution in [0, 0.1) is 0 Å². The second kappa shape index (κ2) is 8.71. The summed E-state index contributed by atoms with van der Waals surface area (Å²) >= 11 is 0. The number of carboxylic acid groups (broad SMARTS) is 1. The fourth-order valence-electron chi connectivity index (χ4n) is 1.80. The topological polar surface area (TPSA) is 72.9 Å². The molecule has 124 valence electrons. The van der Waals surface area contributed by atoms with Crippen molar-refractivity contribution in [2.24, 2.45) is 0 Å². The lowest BCUT2D eigenvalue weighted by Gasteiger charge is -2.27. The average Bonchev–Trinajstić information content (AvgIpc) is 2.32. The minimum absolute atomic E-state index is 0.237. The normalized spacial score (nSPS) is 13.1. The largest absolute Gasteiger partial charge is 0.480 e. The van der Waals surface area contributed by atoms with Crippen LogP contribution in [-0.4, -0.2) is 71.8 Å². The van der Waals surface area contributed by atoms with Gasteiger partial charge in [-0.2, -0.15) is 13.2 Å². The molecule has 0 aliphatic rings. The van der Waals surface area contributed by atoms with Crippen molar-refractivity contribution in [1.29, 1.82) is 0 Å². The Hall–Kier alpha value is -1.51. The van der Waals surface area contributed by atoms with E-state index in [9.17, 15) is 22.8 Å². The van der Waals surface area contributed by atoms with Gasteiger partial charge in [-0.05, 0) is 20.0 Å². The quantitative estimate of drug-likeness (QED) is 0.710. The summed E-state index contributed by atoms with van der Waals surface area (Å²) in [6.45, 7) is 4.90. The van der Waals surface area contributed by atoms with Crippen molar-refractivity contribution in [2.45, 2.75) is 33.0 Å². The van der Waals surface area contributed by atoms with Gasteiger partial charge in [-0.3, -0.25) is 4.79 Å². The number of nitrogens with one attached hydrogen (secondary N) is 1. The van der Waals surface area contributed by atoms with Crippen LogP contribution in [0.15, 0.2) is 0 Å². The van der Waals surface area contributed by atoms with Gasteiger partial charge in [0.1, 0.15) is 13.1 Å². The van der Waals surface area contributed by atoms with Crippen molar-refractivity contribution in [1.82, 2.24) is 15.1 Å². The molecule has 9 heteroatoms. The van der Waals surface area contributed by atoms with Crippen LogP contribution in [-0.2, 0) is 4.79 Å². The minimum Gasteiger partial charge on any atom is -0.480 e. The predicted octanol–water partition coefficient (Wildman–Crippen LogP) is 1.38. The molecule has 0 aliphatic heterocycles. The molecular formula is C12H22F3N3O3. The molecule has 0 aromatic rings. The Balaban J connectivity index is 4.62. The molecule has 6 nitrogen and oxygen atoms in total. The standard InChI is InChI=1S/C12H22F3N3O3/c1-4-17(5-2)6-9(3)16-11(21)18(7-10(19)20)8-12(13,14)15/h9H,4-8H2,1-3H3,(H,16,21)(H,19,20). The lowest BCUT2D eigenvalue weighted by Crippen LogP contribution is -2.51. The molecule has 0 aliphatic carbocycles. The number of nitrogens with zero attached hydrogens (tertiary/aromatic N) is 2. The number of carbonyl (C=O) groups is 2. The number of carbonyl (C=O) groups excluding carboxylic acids is 1. The maximum atomic E-state index is 12.4. The zero-order valence-electron chi connectivity index (χ0n) is 12.4. The van der Waals surface area contributed by atoms with Crippen LogP contribution in [0.5, 0.6) is 0 Å². The van der Waals surface area contributed by atoms with Gasteiger partial charge < -0.3 is 20.2 Å². The van der Waals surface area contributed by atoms with E-state index < -0.39 is 31.3 Å². The van der Waals surface area contributed by atoms with E-state index >= 15 is 0 Å². The van der Waals surface area contributed by atoms with Crippen LogP contribution in [0.4, 0.5) is 18.0 Å². The Bertz CT molecular complexity index is 346. The Morgan fingerprint density at radius 1 is 1.24 bits per heavy atom. The van der Waals surface area contributed by atoms with E-state index in [-0.39, 0.29) is 10.9 Å². The van der Waals surface area contributed by atoms with Crippen molar-refractivity contribution >= 4 is 12.0 Å². The lowest BCUT2D eigenvalue weighted by molar-refractivity contribution is -0.149. The molecule has 0 spiro atoms. The summed E-state index contributed by atoms with van der Waals surface area (Å²) in [4.78, 5) is 24.6. The van der Waals surface area contributed by atoms with E-state index in [0.29, 0.717) is 6.54 Å². The maximum Gasteiger partial charge on any atom is 0.406 e. The van der Waals surface area contributed by atoms with Crippen molar-refractivity contribution in [2.75, 3.05) is 32.7 Å². The highest BCUT2D eigenvalue weighted by Gasteiger charge is 2.34. The number of halogens is 3. The summed E-state index contributed by atoms with van der Waals surface area (Å²) in [6, 6.07) is -1.42. The maximum absolute atomic E-state index is 12.4. The summed E-state index contributed by atoms with van der Waals surface area (Å²) in [5.41, 5.74) is 0. The summed E-state index contributed by atoms with van der Waals surface area (Å²) in [6.07, 6.45) is -4.64. The zero-order chi connectivity index (χ0) is 16.6. The molecule has 0 heterocycles. The minimum atomic E-state index is -4.64. The van der Waals surface area contributed by atoms with Crippen molar-refractivity contribution in [3.8, 4) is 0 Å². The Morgan fingerprint density at radius 3 is 2.14 bits per heavy atom.